The molecular formula is C16H17ClN6OS. The third-order valence-electron chi connectivity index (χ3n) is 4.22. The van der Waals surface area contributed by atoms with Crippen LogP contribution in [0.3, 0.4) is 0 Å². The summed E-state index contributed by atoms with van der Waals surface area (Å²) in [5.74, 6) is 0.874. The maximum atomic E-state index is 11.6. The molecule has 0 aliphatic carbocycles. The van der Waals surface area contributed by atoms with Gasteiger partial charge in [-0.3, -0.25) is 9.36 Å². The first-order valence-electron chi connectivity index (χ1n) is 8.17. The molecule has 1 amide bonds. The van der Waals surface area contributed by atoms with Gasteiger partial charge in [0.2, 0.25) is 11.2 Å². The molecule has 1 aliphatic heterocycles. The lowest BCUT2D eigenvalue weighted by Crippen LogP contribution is -2.27. The molecule has 3 aromatic rings. The Bertz CT molecular complexity index is 894. The van der Waals surface area contributed by atoms with E-state index in [0.717, 1.165) is 31.6 Å². The Balaban J connectivity index is 1.49. The minimum Gasteiger partial charge on any atom is -0.368 e. The molecule has 25 heavy (non-hydrogen) atoms. The largest absolute Gasteiger partial charge is 0.368 e. The van der Waals surface area contributed by atoms with Gasteiger partial charge in [-0.2, -0.15) is 21.3 Å². The normalized spacial score (nSPS) is 14.6. The minimum absolute atomic E-state index is 0.182. The maximum absolute atomic E-state index is 11.6. The quantitative estimate of drug-likeness (QED) is 0.528. The molecular weight excluding hydrogens is 360 g/mol. The third-order valence-corrected chi connectivity index (χ3v) is 5.06. The van der Waals surface area contributed by atoms with E-state index in [-0.39, 0.29) is 11.2 Å². The van der Waals surface area contributed by atoms with Crippen LogP contribution in [0.1, 0.15) is 19.3 Å². The predicted molar refractivity (Wildman–Crippen MR) is 98.5 cm³/mol. The fraction of sp³-hybridized carbons (Fsp3) is 0.375. The predicted octanol–water partition coefficient (Wildman–Crippen LogP) is 2.95. The lowest BCUT2D eigenvalue weighted by atomic mass is 10.3. The van der Waals surface area contributed by atoms with Gasteiger partial charge in [-0.15, -0.1) is 0 Å². The van der Waals surface area contributed by atoms with E-state index in [2.05, 4.69) is 20.3 Å². The van der Waals surface area contributed by atoms with Gasteiger partial charge in [0.25, 0.3) is 0 Å². The molecule has 3 aromatic heterocycles. The van der Waals surface area contributed by atoms with Gasteiger partial charge in [0.1, 0.15) is 6.33 Å². The summed E-state index contributed by atoms with van der Waals surface area (Å²) in [5.41, 5.74) is 2.37. The summed E-state index contributed by atoms with van der Waals surface area (Å²) in [5, 5.41) is 7.49. The molecule has 0 spiro atoms. The number of aromatic nitrogens is 4. The fourth-order valence-corrected chi connectivity index (χ4v) is 3.79. The van der Waals surface area contributed by atoms with E-state index in [1.54, 1.807) is 17.7 Å². The van der Waals surface area contributed by atoms with Crippen molar-refractivity contribution in [2.24, 2.45) is 0 Å². The Morgan fingerprint density at radius 2 is 2.28 bits per heavy atom. The lowest BCUT2D eigenvalue weighted by Gasteiger charge is -2.15. The Kier molecular flexibility index (Phi) is 4.54. The smallest absolute Gasteiger partial charge is 0.226 e. The van der Waals surface area contributed by atoms with Crippen LogP contribution in [0.2, 0.25) is 5.28 Å². The highest BCUT2D eigenvalue weighted by atomic mass is 35.5. The van der Waals surface area contributed by atoms with Gasteiger partial charge in [0.05, 0.1) is 5.69 Å². The molecule has 1 N–H and O–H groups in total. The van der Waals surface area contributed by atoms with Crippen LogP contribution in [-0.2, 0) is 4.79 Å². The molecule has 4 rings (SSSR count). The molecule has 130 valence electrons. The van der Waals surface area contributed by atoms with Crippen molar-refractivity contribution in [3.8, 4) is 5.69 Å². The molecule has 0 bridgehead atoms. The number of amides is 1. The van der Waals surface area contributed by atoms with E-state index >= 15 is 0 Å². The maximum Gasteiger partial charge on any atom is 0.226 e. The van der Waals surface area contributed by atoms with Crippen LogP contribution in [0.25, 0.3) is 16.9 Å². The first-order valence-corrected chi connectivity index (χ1v) is 9.49. The third kappa shape index (κ3) is 3.32. The molecule has 1 fully saturated rings. The van der Waals surface area contributed by atoms with Crippen LogP contribution in [0, 0.1) is 0 Å². The molecule has 0 unspecified atom stereocenters. The number of halogens is 1. The van der Waals surface area contributed by atoms with Crippen molar-refractivity contribution in [1.29, 1.82) is 0 Å². The number of anilines is 1. The van der Waals surface area contributed by atoms with Crippen molar-refractivity contribution in [1.82, 2.24) is 24.4 Å². The van der Waals surface area contributed by atoms with Crippen LogP contribution in [0.4, 0.5) is 5.82 Å². The number of hydrogen-bond donors (Lipinski definition) is 1. The van der Waals surface area contributed by atoms with Gasteiger partial charge < -0.3 is 10.2 Å². The van der Waals surface area contributed by atoms with Crippen molar-refractivity contribution < 1.29 is 4.79 Å². The molecule has 1 aliphatic rings. The number of imidazole rings is 1. The second-order valence-electron chi connectivity index (χ2n) is 5.87. The zero-order valence-electron chi connectivity index (χ0n) is 13.5. The van der Waals surface area contributed by atoms with Crippen LogP contribution in [0.15, 0.2) is 23.2 Å². The highest BCUT2D eigenvalue weighted by molar-refractivity contribution is 7.08. The van der Waals surface area contributed by atoms with Crippen molar-refractivity contribution in [2.75, 3.05) is 25.0 Å². The van der Waals surface area contributed by atoms with Gasteiger partial charge in [-0.05, 0) is 35.9 Å². The summed E-state index contributed by atoms with van der Waals surface area (Å²) in [6, 6.07) is 2.00. The monoisotopic (exact) mass is 376 g/mol. The van der Waals surface area contributed by atoms with Crippen LogP contribution in [-0.4, -0.2) is 50.0 Å². The van der Waals surface area contributed by atoms with E-state index < -0.39 is 0 Å². The fourth-order valence-electron chi connectivity index (χ4n) is 3.00. The van der Waals surface area contributed by atoms with E-state index in [9.17, 15) is 4.79 Å². The van der Waals surface area contributed by atoms with Crippen LogP contribution < -0.4 is 5.32 Å². The Labute approximate surface area is 153 Å². The highest BCUT2D eigenvalue weighted by Gasteiger charge is 2.19. The summed E-state index contributed by atoms with van der Waals surface area (Å²) in [6.45, 7) is 2.32. The molecule has 0 saturated carbocycles. The van der Waals surface area contributed by atoms with Crippen molar-refractivity contribution >= 4 is 45.8 Å². The molecule has 1 saturated heterocycles. The number of thiophene rings is 1. The van der Waals surface area contributed by atoms with Crippen LogP contribution in [0.5, 0.6) is 0 Å². The second-order valence-corrected chi connectivity index (χ2v) is 6.99. The highest BCUT2D eigenvalue weighted by Crippen LogP contribution is 2.24. The first kappa shape index (κ1) is 16.3. The van der Waals surface area contributed by atoms with Gasteiger partial charge in [-0.1, -0.05) is 0 Å². The first-order chi connectivity index (χ1) is 12.2. The zero-order chi connectivity index (χ0) is 17.2. The second kappa shape index (κ2) is 6.97. The molecule has 0 aromatic carbocycles. The number of carbonyl (C=O) groups excluding carboxylic acids is 1. The number of rotatable bonds is 6. The minimum atomic E-state index is 0.182. The number of hydrogen-bond acceptors (Lipinski definition) is 6. The van der Waals surface area contributed by atoms with Gasteiger partial charge in [0.15, 0.2) is 17.0 Å². The molecule has 0 atom stereocenters. The van der Waals surface area contributed by atoms with Crippen molar-refractivity contribution in [3.63, 3.8) is 0 Å². The van der Waals surface area contributed by atoms with Gasteiger partial charge >= 0.3 is 0 Å². The molecule has 4 heterocycles. The van der Waals surface area contributed by atoms with Crippen molar-refractivity contribution in [2.45, 2.75) is 19.3 Å². The topological polar surface area (TPSA) is 75.9 Å². The standard InChI is InChI=1S/C16H17ClN6OS/c17-16-20-14(18-5-2-7-22-6-1-3-12(22)24)13-15(21-16)23(10-19-13)11-4-8-25-9-11/h4,8-10H,1-3,5-7H2,(H,18,20,21). The molecule has 0 radical (unpaired) electrons. The molecule has 9 heteroatoms. The Morgan fingerprint density at radius 3 is 3.04 bits per heavy atom. The SMILES string of the molecule is O=C1CCCN1CCCNc1nc(Cl)nc2c1ncn2-c1ccsc1. The van der Waals surface area contributed by atoms with Crippen molar-refractivity contribution in [3.05, 3.63) is 28.4 Å². The van der Waals surface area contributed by atoms with Gasteiger partial charge in [0, 0.05) is 31.4 Å². The lowest BCUT2D eigenvalue weighted by molar-refractivity contribution is -0.127. The average molecular weight is 377 g/mol. The Hall–Kier alpha value is -2.19. The number of carbonyl (C=O) groups is 1. The number of nitrogens with one attached hydrogen (secondary N) is 1. The summed E-state index contributed by atoms with van der Waals surface area (Å²) in [4.78, 5) is 26.6. The van der Waals surface area contributed by atoms with E-state index in [1.165, 1.54) is 0 Å². The van der Waals surface area contributed by atoms with Gasteiger partial charge in [-0.25, -0.2) is 4.98 Å². The summed E-state index contributed by atoms with van der Waals surface area (Å²) < 4.78 is 1.90. The number of likely N-dealkylation sites (tertiary alicyclic amines) is 1. The number of fused-ring (bicyclic) bond motifs is 1. The zero-order valence-corrected chi connectivity index (χ0v) is 15.1. The molecule has 7 nitrogen and oxygen atoms in total. The van der Waals surface area contributed by atoms with E-state index in [0.29, 0.717) is 29.9 Å². The van der Waals surface area contributed by atoms with E-state index in [4.69, 9.17) is 11.6 Å². The average Bonchev–Trinajstić information content (AvgIpc) is 3.31. The Morgan fingerprint density at radius 1 is 1.36 bits per heavy atom. The summed E-state index contributed by atoms with van der Waals surface area (Å²) in [6.07, 6.45) is 4.22. The summed E-state index contributed by atoms with van der Waals surface area (Å²) >= 11 is 7.71. The summed E-state index contributed by atoms with van der Waals surface area (Å²) in [7, 11) is 0. The number of nitrogens with zero attached hydrogens (tertiary/aromatic N) is 5. The van der Waals surface area contributed by atoms with Crippen LogP contribution >= 0.6 is 22.9 Å². The van der Waals surface area contributed by atoms with E-state index in [1.807, 2.05) is 26.3 Å².